The van der Waals surface area contributed by atoms with Gasteiger partial charge in [0.2, 0.25) is 0 Å². The first-order valence-electron chi connectivity index (χ1n) is 9.17. The number of ether oxygens (including phenoxy) is 4. The van der Waals surface area contributed by atoms with Crippen LogP contribution in [0.15, 0.2) is 0 Å². The highest BCUT2D eigenvalue weighted by molar-refractivity contribution is 4.56. The molecule has 0 spiro atoms. The van der Waals surface area contributed by atoms with Crippen LogP contribution >= 0.6 is 0 Å². The zero-order chi connectivity index (χ0) is 18.6. The van der Waals surface area contributed by atoms with E-state index in [1.807, 2.05) is 0 Å². The molecule has 0 heterocycles. The molecule has 0 aromatic carbocycles. The first kappa shape index (κ1) is 24.7. The fourth-order valence-corrected chi connectivity index (χ4v) is 2.19. The molecule has 0 amide bonds. The third-order valence-electron chi connectivity index (χ3n) is 3.74. The summed E-state index contributed by atoms with van der Waals surface area (Å²) in [6.45, 7) is 11.1. The van der Waals surface area contributed by atoms with Gasteiger partial charge >= 0.3 is 0 Å². The van der Waals surface area contributed by atoms with Gasteiger partial charge in [0, 0.05) is 39.8 Å². The van der Waals surface area contributed by atoms with Gasteiger partial charge in [0.1, 0.15) is 0 Å². The van der Waals surface area contributed by atoms with Gasteiger partial charge in [0.25, 0.3) is 0 Å². The van der Waals surface area contributed by atoms with E-state index < -0.39 is 0 Å². The fourth-order valence-electron chi connectivity index (χ4n) is 2.19. The van der Waals surface area contributed by atoms with Crippen molar-refractivity contribution in [2.75, 3.05) is 106 Å². The van der Waals surface area contributed by atoms with E-state index >= 15 is 0 Å². The van der Waals surface area contributed by atoms with E-state index in [1.54, 1.807) is 7.11 Å². The highest BCUT2D eigenvalue weighted by atomic mass is 16.5. The fraction of sp³-hybridized carbons (Fsp3) is 1.00. The molecular weight excluding hydrogens is 328 g/mol. The quantitative estimate of drug-likeness (QED) is 0.274. The van der Waals surface area contributed by atoms with Crippen LogP contribution in [0, 0.1) is 0 Å². The van der Waals surface area contributed by atoms with Crippen LogP contribution in [0.1, 0.15) is 6.92 Å². The molecule has 0 rings (SSSR count). The maximum Gasteiger partial charge on any atom is 0.0701 e. The van der Waals surface area contributed by atoms with Crippen molar-refractivity contribution in [2.45, 2.75) is 6.92 Å². The molecule has 8 heteroatoms. The topological polar surface area (TPSA) is 83.9 Å². The summed E-state index contributed by atoms with van der Waals surface area (Å²) in [7, 11) is 1.65. The number of hydrogen-bond donors (Lipinski definition) is 2. The minimum absolute atomic E-state index is 0.128. The molecule has 0 fully saturated rings. The first-order valence-corrected chi connectivity index (χ1v) is 9.17. The lowest BCUT2D eigenvalue weighted by Gasteiger charge is -2.21. The van der Waals surface area contributed by atoms with Gasteiger partial charge in [-0.25, -0.2) is 0 Å². The third kappa shape index (κ3) is 16.9. The Bertz CT molecular complexity index is 261. The average molecular weight is 366 g/mol. The van der Waals surface area contributed by atoms with Crippen molar-refractivity contribution in [3.63, 3.8) is 0 Å². The first-order chi connectivity index (χ1) is 12.3. The van der Waals surface area contributed by atoms with Crippen molar-refractivity contribution in [1.29, 1.82) is 0 Å². The summed E-state index contributed by atoms with van der Waals surface area (Å²) < 4.78 is 21.5. The molecule has 0 aliphatic rings. The van der Waals surface area contributed by atoms with Gasteiger partial charge in [-0.3, -0.25) is 9.80 Å². The van der Waals surface area contributed by atoms with Gasteiger partial charge in [-0.2, -0.15) is 0 Å². The monoisotopic (exact) mass is 366 g/mol. The summed E-state index contributed by atoms with van der Waals surface area (Å²) in [5, 5.41) is 18.0. The Balaban J connectivity index is 3.51. The standard InChI is InChI=1S/C17H38N2O6/c1-3-18(4-9-20)6-11-24-16-17-25-13-8-19(5-10-21)7-12-23-15-14-22-2/h20-21H,3-17H2,1-2H3. The van der Waals surface area contributed by atoms with E-state index in [-0.39, 0.29) is 13.2 Å². The van der Waals surface area contributed by atoms with Crippen LogP contribution in [0.5, 0.6) is 0 Å². The van der Waals surface area contributed by atoms with E-state index in [1.165, 1.54) is 0 Å². The summed E-state index contributed by atoms with van der Waals surface area (Å²) in [6.07, 6.45) is 0. The van der Waals surface area contributed by atoms with E-state index in [9.17, 15) is 0 Å². The van der Waals surface area contributed by atoms with Crippen LogP contribution in [0.2, 0.25) is 0 Å². The number of aliphatic hydroxyl groups is 2. The molecule has 152 valence electrons. The Hall–Kier alpha value is -0.320. The number of methoxy groups -OCH3 is 1. The molecular formula is C17H38N2O6. The molecule has 0 unspecified atom stereocenters. The third-order valence-corrected chi connectivity index (χ3v) is 3.74. The van der Waals surface area contributed by atoms with Crippen molar-refractivity contribution in [1.82, 2.24) is 9.80 Å². The largest absolute Gasteiger partial charge is 0.395 e. The zero-order valence-corrected chi connectivity index (χ0v) is 16.0. The van der Waals surface area contributed by atoms with Crippen LogP contribution in [0.25, 0.3) is 0 Å². The van der Waals surface area contributed by atoms with Crippen molar-refractivity contribution in [2.24, 2.45) is 0 Å². The summed E-state index contributed by atoms with van der Waals surface area (Å²) >= 11 is 0. The Morgan fingerprint density at radius 3 is 1.48 bits per heavy atom. The molecule has 2 N–H and O–H groups in total. The van der Waals surface area contributed by atoms with Crippen LogP contribution in [0.3, 0.4) is 0 Å². The minimum Gasteiger partial charge on any atom is -0.395 e. The number of rotatable bonds is 20. The molecule has 0 aromatic rings. The lowest BCUT2D eigenvalue weighted by molar-refractivity contribution is 0.0215. The molecule has 0 aliphatic carbocycles. The van der Waals surface area contributed by atoms with Crippen LogP contribution in [0.4, 0.5) is 0 Å². The predicted octanol–water partition coefficient (Wildman–Crippen LogP) is -0.709. The van der Waals surface area contributed by atoms with Gasteiger partial charge in [-0.05, 0) is 6.54 Å². The van der Waals surface area contributed by atoms with E-state index in [0.717, 1.165) is 26.2 Å². The van der Waals surface area contributed by atoms with Crippen LogP contribution in [-0.2, 0) is 18.9 Å². The number of hydrogen-bond acceptors (Lipinski definition) is 8. The van der Waals surface area contributed by atoms with E-state index in [4.69, 9.17) is 29.2 Å². The number of likely N-dealkylation sites (N-methyl/N-ethyl adjacent to an activating group) is 1. The van der Waals surface area contributed by atoms with E-state index in [0.29, 0.717) is 59.3 Å². The molecule has 0 atom stereocenters. The van der Waals surface area contributed by atoms with Gasteiger partial charge < -0.3 is 29.2 Å². The lowest BCUT2D eigenvalue weighted by atomic mass is 10.4. The highest BCUT2D eigenvalue weighted by Gasteiger charge is 2.04. The van der Waals surface area contributed by atoms with Crippen molar-refractivity contribution in [3.8, 4) is 0 Å². The molecule has 0 aromatic heterocycles. The second kappa shape index (κ2) is 20.0. The maximum absolute atomic E-state index is 9.10. The van der Waals surface area contributed by atoms with Gasteiger partial charge in [-0.1, -0.05) is 6.92 Å². The zero-order valence-electron chi connectivity index (χ0n) is 16.0. The molecule has 0 saturated carbocycles. The highest BCUT2D eigenvalue weighted by Crippen LogP contribution is 1.91. The number of nitrogens with zero attached hydrogens (tertiary/aromatic N) is 2. The second-order valence-corrected chi connectivity index (χ2v) is 5.55. The van der Waals surface area contributed by atoms with Gasteiger partial charge in [0.15, 0.2) is 0 Å². The summed E-state index contributed by atoms with van der Waals surface area (Å²) in [4.78, 5) is 4.25. The second-order valence-electron chi connectivity index (χ2n) is 5.55. The smallest absolute Gasteiger partial charge is 0.0701 e. The molecule has 8 nitrogen and oxygen atoms in total. The SMILES string of the molecule is CCN(CCO)CCOCCOCCN(CCO)CCOCCOC. The maximum atomic E-state index is 9.10. The Morgan fingerprint density at radius 2 is 1.04 bits per heavy atom. The Labute approximate surface area is 152 Å². The summed E-state index contributed by atoms with van der Waals surface area (Å²) in [5.41, 5.74) is 0. The van der Waals surface area contributed by atoms with Crippen molar-refractivity contribution in [3.05, 3.63) is 0 Å². The van der Waals surface area contributed by atoms with Crippen molar-refractivity contribution < 1.29 is 29.2 Å². The van der Waals surface area contributed by atoms with Crippen LogP contribution < -0.4 is 0 Å². The van der Waals surface area contributed by atoms with Crippen molar-refractivity contribution >= 4 is 0 Å². The van der Waals surface area contributed by atoms with Gasteiger partial charge in [0.05, 0.1) is 59.5 Å². The van der Waals surface area contributed by atoms with E-state index in [2.05, 4.69) is 16.7 Å². The average Bonchev–Trinajstić information content (AvgIpc) is 2.62. The lowest BCUT2D eigenvalue weighted by Crippen LogP contribution is -2.34. The molecule has 0 radical (unpaired) electrons. The molecule has 0 aliphatic heterocycles. The van der Waals surface area contributed by atoms with Crippen LogP contribution in [-0.4, -0.2) is 126 Å². The molecule has 25 heavy (non-hydrogen) atoms. The Kier molecular flexibility index (Phi) is 19.7. The number of aliphatic hydroxyl groups excluding tert-OH is 2. The summed E-state index contributed by atoms with van der Waals surface area (Å²) in [5.74, 6) is 0. The summed E-state index contributed by atoms with van der Waals surface area (Å²) in [6, 6.07) is 0. The predicted molar refractivity (Wildman–Crippen MR) is 97.1 cm³/mol. The molecule has 0 saturated heterocycles. The minimum atomic E-state index is 0.128. The molecule has 0 bridgehead atoms. The van der Waals surface area contributed by atoms with Gasteiger partial charge in [-0.15, -0.1) is 0 Å². The Morgan fingerprint density at radius 1 is 0.600 bits per heavy atom. The normalized spacial score (nSPS) is 11.8.